The number of carbonyl (C=O) groups is 1. The van der Waals surface area contributed by atoms with E-state index in [1.807, 2.05) is 6.92 Å². The van der Waals surface area contributed by atoms with E-state index in [0.29, 0.717) is 6.54 Å². The van der Waals surface area contributed by atoms with Gasteiger partial charge in [0.25, 0.3) is 0 Å². The van der Waals surface area contributed by atoms with E-state index in [1.165, 1.54) is 0 Å². The first kappa shape index (κ1) is 14.2. The van der Waals surface area contributed by atoms with E-state index >= 15 is 0 Å². The fourth-order valence-electron chi connectivity index (χ4n) is 2.11. The molecule has 1 aliphatic rings. The van der Waals surface area contributed by atoms with E-state index in [1.54, 1.807) is 0 Å². The van der Waals surface area contributed by atoms with E-state index in [4.69, 9.17) is 5.26 Å². The molecule has 0 bridgehead atoms. The van der Waals surface area contributed by atoms with E-state index in [2.05, 4.69) is 11.4 Å². The Morgan fingerprint density at radius 1 is 1.47 bits per heavy atom. The molecular formula is C12H20N2O2S. The van der Waals surface area contributed by atoms with E-state index < -0.39 is 10.8 Å². The molecule has 4 nitrogen and oxygen atoms in total. The van der Waals surface area contributed by atoms with Gasteiger partial charge in [0, 0.05) is 17.3 Å². The summed E-state index contributed by atoms with van der Waals surface area (Å²) in [6.07, 6.45) is 4.57. The van der Waals surface area contributed by atoms with Gasteiger partial charge in [0.1, 0.15) is 5.75 Å². The number of nitriles is 1. The second-order valence-electron chi connectivity index (χ2n) is 4.43. The van der Waals surface area contributed by atoms with Crippen molar-refractivity contribution in [2.24, 2.45) is 5.92 Å². The van der Waals surface area contributed by atoms with Crippen LogP contribution in [0.5, 0.6) is 0 Å². The molecule has 96 valence electrons. The van der Waals surface area contributed by atoms with Crippen molar-refractivity contribution in [2.75, 3.05) is 12.3 Å². The lowest BCUT2D eigenvalue weighted by atomic mass is 9.90. The predicted octanol–water partition coefficient (Wildman–Crippen LogP) is 1.34. The highest BCUT2D eigenvalue weighted by molar-refractivity contribution is 7.86. The SMILES string of the molecule is CCCNC(=O)CS(=O)C1CCCCC1C#N. The van der Waals surface area contributed by atoms with Crippen LogP contribution in [-0.2, 0) is 15.6 Å². The maximum atomic E-state index is 12.0. The maximum Gasteiger partial charge on any atom is 0.232 e. The molecule has 0 aromatic rings. The van der Waals surface area contributed by atoms with Crippen LogP contribution in [0.15, 0.2) is 0 Å². The van der Waals surface area contributed by atoms with Crippen LogP contribution in [0.25, 0.3) is 0 Å². The molecule has 1 saturated carbocycles. The monoisotopic (exact) mass is 256 g/mol. The van der Waals surface area contributed by atoms with Crippen molar-refractivity contribution in [2.45, 2.75) is 44.3 Å². The molecule has 3 unspecified atom stereocenters. The number of hydrogen-bond acceptors (Lipinski definition) is 3. The van der Waals surface area contributed by atoms with Crippen molar-refractivity contribution < 1.29 is 9.00 Å². The zero-order chi connectivity index (χ0) is 12.7. The average Bonchev–Trinajstić information content (AvgIpc) is 2.36. The Bertz CT molecular complexity index is 325. The van der Waals surface area contributed by atoms with Crippen molar-refractivity contribution in [3.05, 3.63) is 0 Å². The fourth-order valence-corrected chi connectivity index (χ4v) is 3.68. The van der Waals surface area contributed by atoms with Crippen LogP contribution in [0, 0.1) is 17.2 Å². The normalized spacial score (nSPS) is 25.9. The third kappa shape index (κ3) is 4.47. The van der Waals surface area contributed by atoms with Crippen LogP contribution in [0.3, 0.4) is 0 Å². The molecule has 0 saturated heterocycles. The first-order valence-electron chi connectivity index (χ1n) is 6.22. The van der Waals surface area contributed by atoms with Crippen molar-refractivity contribution >= 4 is 16.7 Å². The molecule has 3 atom stereocenters. The summed E-state index contributed by atoms with van der Waals surface area (Å²) in [5, 5.41) is 11.6. The van der Waals surface area contributed by atoms with E-state index in [-0.39, 0.29) is 22.8 Å². The van der Waals surface area contributed by atoms with Gasteiger partial charge in [-0.05, 0) is 19.3 Å². The lowest BCUT2D eigenvalue weighted by Gasteiger charge is -2.25. The molecule has 17 heavy (non-hydrogen) atoms. The Kier molecular flexibility index (Phi) is 6.20. The molecule has 0 heterocycles. The standard InChI is InChI=1S/C12H20N2O2S/c1-2-7-14-12(15)9-17(16)11-6-4-3-5-10(11)8-13/h10-11H,2-7,9H2,1H3,(H,14,15). The van der Waals surface area contributed by atoms with Gasteiger partial charge in [-0.3, -0.25) is 9.00 Å². The Hall–Kier alpha value is -0.890. The lowest BCUT2D eigenvalue weighted by Crippen LogP contribution is -2.35. The molecule has 0 aromatic heterocycles. The zero-order valence-electron chi connectivity index (χ0n) is 10.3. The Morgan fingerprint density at radius 2 is 2.18 bits per heavy atom. The van der Waals surface area contributed by atoms with Gasteiger partial charge in [0.2, 0.25) is 5.91 Å². The van der Waals surface area contributed by atoms with Crippen molar-refractivity contribution in [1.82, 2.24) is 5.32 Å². The molecule has 0 spiro atoms. The predicted molar refractivity (Wildman–Crippen MR) is 67.7 cm³/mol. The molecular weight excluding hydrogens is 236 g/mol. The van der Waals surface area contributed by atoms with Gasteiger partial charge in [-0.15, -0.1) is 0 Å². The van der Waals surface area contributed by atoms with Gasteiger partial charge in [-0.1, -0.05) is 19.8 Å². The minimum Gasteiger partial charge on any atom is -0.355 e. The second kappa shape index (κ2) is 7.44. The van der Waals surface area contributed by atoms with Crippen LogP contribution < -0.4 is 5.32 Å². The lowest BCUT2D eigenvalue weighted by molar-refractivity contribution is -0.118. The van der Waals surface area contributed by atoms with Gasteiger partial charge >= 0.3 is 0 Å². The van der Waals surface area contributed by atoms with E-state index in [0.717, 1.165) is 32.1 Å². The molecule has 5 heteroatoms. The van der Waals surface area contributed by atoms with Crippen molar-refractivity contribution in [1.29, 1.82) is 5.26 Å². The number of nitrogens with zero attached hydrogens (tertiary/aromatic N) is 1. The number of carbonyl (C=O) groups excluding carboxylic acids is 1. The third-order valence-corrected chi connectivity index (χ3v) is 4.84. The van der Waals surface area contributed by atoms with Gasteiger partial charge in [-0.25, -0.2) is 0 Å². The summed E-state index contributed by atoms with van der Waals surface area (Å²) < 4.78 is 12.0. The Labute approximate surface area is 105 Å². The highest BCUT2D eigenvalue weighted by Gasteiger charge is 2.30. The van der Waals surface area contributed by atoms with Crippen LogP contribution in [-0.4, -0.2) is 27.7 Å². The quantitative estimate of drug-likeness (QED) is 0.807. The Balaban J connectivity index is 2.45. The molecule has 1 N–H and O–H groups in total. The first-order valence-corrected chi connectivity index (χ1v) is 7.60. The molecule has 1 fully saturated rings. The summed E-state index contributed by atoms with van der Waals surface area (Å²) in [5.41, 5.74) is 0. The number of hydrogen-bond donors (Lipinski definition) is 1. The minimum absolute atomic E-state index is 0.0445. The summed E-state index contributed by atoms with van der Waals surface area (Å²) in [6.45, 7) is 2.60. The summed E-state index contributed by atoms with van der Waals surface area (Å²) in [7, 11) is -1.20. The summed E-state index contributed by atoms with van der Waals surface area (Å²) in [4.78, 5) is 11.5. The largest absolute Gasteiger partial charge is 0.355 e. The third-order valence-electron chi connectivity index (χ3n) is 3.05. The molecule has 0 aliphatic heterocycles. The minimum atomic E-state index is -1.20. The maximum absolute atomic E-state index is 12.0. The summed E-state index contributed by atoms with van der Waals surface area (Å²) >= 11 is 0. The smallest absolute Gasteiger partial charge is 0.232 e. The van der Waals surface area contributed by atoms with E-state index in [9.17, 15) is 9.00 Å². The van der Waals surface area contributed by atoms with Crippen LogP contribution in [0.2, 0.25) is 0 Å². The fraction of sp³-hybridized carbons (Fsp3) is 0.833. The zero-order valence-corrected chi connectivity index (χ0v) is 11.1. The number of amides is 1. The second-order valence-corrected chi connectivity index (χ2v) is 6.09. The molecule has 1 aliphatic carbocycles. The van der Waals surface area contributed by atoms with Crippen molar-refractivity contribution in [3.63, 3.8) is 0 Å². The number of rotatable bonds is 5. The number of nitrogens with one attached hydrogen (secondary N) is 1. The average molecular weight is 256 g/mol. The van der Waals surface area contributed by atoms with Crippen molar-refractivity contribution in [3.8, 4) is 6.07 Å². The molecule has 1 amide bonds. The molecule has 0 radical (unpaired) electrons. The summed E-state index contributed by atoms with van der Waals surface area (Å²) in [5.74, 6) is -0.251. The first-order chi connectivity index (χ1) is 8.19. The van der Waals surface area contributed by atoms with Crippen LogP contribution in [0.1, 0.15) is 39.0 Å². The van der Waals surface area contributed by atoms with Crippen LogP contribution in [0.4, 0.5) is 0 Å². The van der Waals surface area contributed by atoms with Crippen LogP contribution >= 0.6 is 0 Å². The van der Waals surface area contributed by atoms with Gasteiger partial charge in [0.05, 0.1) is 17.2 Å². The van der Waals surface area contributed by atoms with Gasteiger partial charge < -0.3 is 5.32 Å². The highest BCUT2D eigenvalue weighted by atomic mass is 32.2. The highest BCUT2D eigenvalue weighted by Crippen LogP contribution is 2.27. The summed E-state index contributed by atoms with van der Waals surface area (Å²) in [6, 6.07) is 2.23. The Morgan fingerprint density at radius 3 is 2.82 bits per heavy atom. The van der Waals surface area contributed by atoms with Gasteiger partial charge in [-0.2, -0.15) is 5.26 Å². The topological polar surface area (TPSA) is 70.0 Å². The van der Waals surface area contributed by atoms with Gasteiger partial charge in [0.15, 0.2) is 0 Å². The molecule has 1 rings (SSSR count). The molecule has 0 aromatic carbocycles.